The Hall–Kier alpha value is -2.70. The Balaban J connectivity index is 2.40. The minimum Gasteiger partial charge on any atom is -0.431 e. The minimum atomic E-state index is -0.484. The van der Waals surface area contributed by atoms with Crippen LogP contribution in [-0.4, -0.2) is 21.9 Å². The SMILES string of the molecule is CNc1cc(Oc2c(C)cccc2[N+](=O)[O-])ncn1. The monoisotopic (exact) mass is 260 g/mol. The summed E-state index contributed by atoms with van der Waals surface area (Å²) < 4.78 is 5.51. The predicted molar refractivity (Wildman–Crippen MR) is 69.5 cm³/mol. The summed E-state index contributed by atoms with van der Waals surface area (Å²) >= 11 is 0. The van der Waals surface area contributed by atoms with E-state index in [2.05, 4.69) is 15.3 Å². The van der Waals surface area contributed by atoms with Gasteiger partial charge in [0, 0.05) is 19.2 Å². The van der Waals surface area contributed by atoms with Gasteiger partial charge in [-0.05, 0) is 12.5 Å². The molecule has 0 amide bonds. The molecule has 0 saturated carbocycles. The van der Waals surface area contributed by atoms with Crippen molar-refractivity contribution < 1.29 is 9.66 Å². The molecule has 1 N–H and O–H groups in total. The van der Waals surface area contributed by atoms with Gasteiger partial charge in [0.15, 0.2) is 0 Å². The van der Waals surface area contributed by atoms with Crippen LogP contribution in [0, 0.1) is 17.0 Å². The van der Waals surface area contributed by atoms with E-state index in [1.165, 1.54) is 12.4 Å². The number of nitro benzene ring substituents is 1. The highest BCUT2D eigenvalue weighted by atomic mass is 16.6. The van der Waals surface area contributed by atoms with E-state index in [1.807, 2.05) is 0 Å². The molecule has 0 atom stereocenters. The number of hydrogen-bond donors (Lipinski definition) is 1. The Bertz CT molecular complexity index is 616. The molecule has 0 unspecified atom stereocenters. The third kappa shape index (κ3) is 2.76. The summed E-state index contributed by atoms with van der Waals surface area (Å²) in [7, 11) is 1.71. The van der Waals surface area contributed by atoms with Crippen molar-refractivity contribution in [2.24, 2.45) is 0 Å². The van der Waals surface area contributed by atoms with Gasteiger partial charge >= 0.3 is 5.69 Å². The topological polar surface area (TPSA) is 90.2 Å². The number of rotatable bonds is 4. The minimum absolute atomic E-state index is 0.0929. The molecule has 19 heavy (non-hydrogen) atoms. The summed E-state index contributed by atoms with van der Waals surface area (Å²) in [4.78, 5) is 18.4. The summed E-state index contributed by atoms with van der Waals surface area (Å²) in [5.41, 5.74) is 0.573. The average Bonchev–Trinajstić information content (AvgIpc) is 2.41. The molecule has 98 valence electrons. The first kappa shape index (κ1) is 12.7. The maximum atomic E-state index is 11.0. The molecule has 0 aliphatic heterocycles. The summed E-state index contributed by atoms with van der Waals surface area (Å²) in [5, 5.41) is 13.8. The highest BCUT2D eigenvalue weighted by Crippen LogP contribution is 2.33. The van der Waals surface area contributed by atoms with Crippen molar-refractivity contribution in [3.8, 4) is 11.6 Å². The number of anilines is 1. The molecule has 7 heteroatoms. The van der Waals surface area contributed by atoms with Crippen LogP contribution in [0.1, 0.15) is 5.56 Å². The zero-order chi connectivity index (χ0) is 13.8. The zero-order valence-corrected chi connectivity index (χ0v) is 10.5. The molecule has 0 radical (unpaired) electrons. The standard InChI is InChI=1S/C12H12N4O3/c1-8-4-3-5-9(16(17)18)12(8)19-11-6-10(13-2)14-7-15-11/h3-7H,1-2H3,(H,13,14,15). The van der Waals surface area contributed by atoms with E-state index in [0.717, 1.165) is 0 Å². The second-order valence-corrected chi connectivity index (χ2v) is 3.77. The van der Waals surface area contributed by atoms with Crippen molar-refractivity contribution in [2.75, 3.05) is 12.4 Å². The smallest absolute Gasteiger partial charge is 0.311 e. The number of nitrogens with one attached hydrogen (secondary N) is 1. The second kappa shape index (κ2) is 5.30. The number of ether oxygens (including phenoxy) is 1. The summed E-state index contributed by atoms with van der Waals surface area (Å²) in [6, 6.07) is 6.31. The first-order valence-corrected chi connectivity index (χ1v) is 5.53. The molecule has 7 nitrogen and oxygen atoms in total. The van der Waals surface area contributed by atoms with E-state index in [1.54, 1.807) is 32.2 Å². The highest BCUT2D eigenvalue weighted by Gasteiger charge is 2.18. The van der Waals surface area contributed by atoms with Gasteiger partial charge in [0.05, 0.1) is 4.92 Å². The van der Waals surface area contributed by atoms with Gasteiger partial charge in [-0.1, -0.05) is 12.1 Å². The van der Waals surface area contributed by atoms with Crippen LogP contribution >= 0.6 is 0 Å². The van der Waals surface area contributed by atoms with Gasteiger partial charge in [0.2, 0.25) is 11.6 Å². The van der Waals surface area contributed by atoms with Gasteiger partial charge < -0.3 is 10.1 Å². The number of aryl methyl sites for hydroxylation is 1. The fraction of sp³-hybridized carbons (Fsp3) is 0.167. The number of benzene rings is 1. The molecule has 0 bridgehead atoms. The Morgan fingerprint density at radius 2 is 2.16 bits per heavy atom. The molecule has 0 fully saturated rings. The Labute approximate surface area is 109 Å². The summed E-state index contributed by atoms with van der Waals surface area (Å²) in [6.07, 6.45) is 1.32. The van der Waals surface area contributed by atoms with Crippen molar-refractivity contribution in [3.63, 3.8) is 0 Å². The van der Waals surface area contributed by atoms with Crippen molar-refractivity contribution in [1.29, 1.82) is 0 Å². The first-order valence-electron chi connectivity index (χ1n) is 5.53. The number of aromatic nitrogens is 2. The lowest BCUT2D eigenvalue weighted by Crippen LogP contribution is -1.98. The van der Waals surface area contributed by atoms with Crippen molar-refractivity contribution >= 4 is 11.5 Å². The quantitative estimate of drug-likeness (QED) is 0.671. The lowest BCUT2D eigenvalue weighted by atomic mass is 10.2. The van der Waals surface area contributed by atoms with E-state index in [4.69, 9.17) is 4.74 Å². The molecule has 2 rings (SSSR count). The fourth-order valence-corrected chi connectivity index (χ4v) is 1.55. The zero-order valence-electron chi connectivity index (χ0n) is 10.5. The molecule has 1 aromatic carbocycles. The van der Waals surface area contributed by atoms with Crippen LogP contribution in [0.4, 0.5) is 11.5 Å². The summed E-state index contributed by atoms with van der Waals surface area (Å²) in [5.74, 6) is 1.01. The molecule has 0 aliphatic rings. The third-order valence-corrected chi connectivity index (χ3v) is 2.49. The van der Waals surface area contributed by atoms with Gasteiger partial charge in [0.25, 0.3) is 0 Å². The van der Waals surface area contributed by atoms with Crippen LogP contribution in [0.25, 0.3) is 0 Å². The molecule has 1 aromatic heterocycles. The Morgan fingerprint density at radius 1 is 1.37 bits per heavy atom. The lowest BCUT2D eigenvalue weighted by molar-refractivity contribution is -0.385. The molecular weight excluding hydrogens is 248 g/mol. The van der Waals surface area contributed by atoms with Gasteiger partial charge in [-0.3, -0.25) is 10.1 Å². The molecule has 0 saturated heterocycles. The van der Waals surface area contributed by atoms with Gasteiger partial charge in [-0.2, -0.15) is 0 Å². The molecule has 0 spiro atoms. The van der Waals surface area contributed by atoms with Crippen LogP contribution in [0.15, 0.2) is 30.6 Å². The van der Waals surface area contributed by atoms with Crippen LogP contribution in [-0.2, 0) is 0 Å². The van der Waals surface area contributed by atoms with Crippen molar-refractivity contribution in [3.05, 3.63) is 46.3 Å². The van der Waals surface area contributed by atoms with Crippen LogP contribution in [0.5, 0.6) is 11.6 Å². The van der Waals surface area contributed by atoms with E-state index < -0.39 is 4.92 Å². The normalized spacial score (nSPS) is 10.0. The first-order chi connectivity index (χ1) is 9.11. The van der Waals surface area contributed by atoms with Gasteiger partial charge in [-0.15, -0.1) is 0 Å². The number of para-hydroxylation sites is 1. The van der Waals surface area contributed by atoms with E-state index in [0.29, 0.717) is 11.4 Å². The summed E-state index contributed by atoms with van der Waals surface area (Å²) in [6.45, 7) is 1.74. The molecule has 2 aromatic rings. The lowest BCUT2D eigenvalue weighted by Gasteiger charge is -2.08. The Morgan fingerprint density at radius 3 is 2.84 bits per heavy atom. The van der Waals surface area contributed by atoms with Crippen molar-refractivity contribution in [1.82, 2.24) is 9.97 Å². The van der Waals surface area contributed by atoms with Crippen molar-refractivity contribution in [2.45, 2.75) is 6.92 Å². The maximum Gasteiger partial charge on any atom is 0.311 e. The number of nitrogens with zero attached hydrogens (tertiary/aromatic N) is 3. The van der Waals surface area contributed by atoms with E-state index in [9.17, 15) is 10.1 Å². The molecular formula is C12H12N4O3. The fourth-order valence-electron chi connectivity index (χ4n) is 1.55. The predicted octanol–water partition coefficient (Wildman–Crippen LogP) is 2.53. The van der Waals surface area contributed by atoms with E-state index >= 15 is 0 Å². The highest BCUT2D eigenvalue weighted by molar-refractivity contribution is 5.53. The van der Waals surface area contributed by atoms with Crippen LogP contribution in [0.3, 0.4) is 0 Å². The van der Waals surface area contributed by atoms with E-state index in [-0.39, 0.29) is 17.3 Å². The molecule has 0 aliphatic carbocycles. The molecule has 1 heterocycles. The largest absolute Gasteiger partial charge is 0.431 e. The second-order valence-electron chi connectivity index (χ2n) is 3.77. The van der Waals surface area contributed by atoms with Crippen LogP contribution < -0.4 is 10.1 Å². The van der Waals surface area contributed by atoms with Gasteiger partial charge in [0.1, 0.15) is 12.1 Å². The Kier molecular flexibility index (Phi) is 3.56. The maximum absolute atomic E-state index is 11.0. The number of hydrogen-bond acceptors (Lipinski definition) is 6. The third-order valence-electron chi connectivity index (χ3n) is 2.49. The average molecular weight is 260 g/mol. The number of nitro groups is 1. The van der Waals surface area contributed by atoms with Crippen LogP contribution in [0.2, 0.25) is 0 Å². The van der Waals surface area contributed by atoms with Gasteiger partial charge in [-0.25, -0.2) is 9.97 Å².